The van der Waals surface area contributed by atoms with Crippen LogP contribution in [0.5, 0.6) is 5.75 Å². The van der Waals surface area contributed by atoms with E-state index in [2.05, 4.69) is 5.10 Å². The highest BCUT2D eigenvalue weighted by Crippen LogP contribution is 2.22. The van der Waals surface area contributed by atoms with Gasteiger partial charge in [-0.05, 0) is 32.0 Å². The predicted octanol–water partition coefficient (Wildman–Crippen LogP) is 2.32. The molecule has 0 unspecified atom stereocenters. The molecule has 0 amide bonds. The first-order valence-electron chi connectivity index (χ1n) is 6.27. The van der Waals surface area contributed by atoms with E-state index in [0.29, 0.717) is 5.69 Å². The lowest BCUT2D eigenvalue weighted by molar-refractivity contribution is 0.0691. The summed E-state index contributed by atoms with van der Waals surface area (Å²) in [5, 5.41) is 13.4. The molecule has 1 heterocycles. The van der Waals surface area contributed by atoms with Gasteiger partial charge in [0.25, 0.3) is 0 Å². The molecule has 0 saturated carbocycles. The minimum absolute atomic E-state index is 0.0856. The lowest BCUT2D eigenvalue weighted by Gasteiger charge is -2.09. The summed E-state index contributed by atoms with van der Waals surface area (Å²) >= 11 is 0. The molecule has 6 nitrogen and oxygen atoms in total. The zero-order valence-corrected chi connectivity index (χ0v) is 11.4. The molecule has 2 aromatic rings. The normalized spacial score (nSPS) is 10.8. The van der Waals surface area contributed by atoms with Crippen LogP contribution in [-0.4, -0.2) is 20.9 Å². The number of aromatic carboxylic acids is 1. The molecule has 0 aliphatic carbocycles. The lowest BCUT2D eigenvalue weighted by Crippen LogP contribution is -2.06. The number of aromatic nitrogens is 2. The van der Waals surface area contributed by atoms with Gasteiger partial charge in [-0.15, -0.1) is 0 Å². The Morgan fingerprint density at radius 2 is 2.20 bits per heavy atom. The highest BCUT2D eigenvalue weighted by Gasteiger charge is 2.12. The highest BCUT2D eigenvalue weighted by molar-refractivity contribution is 5.91. The molecule has 0 saturated heterocycles. The topological polar surface area (TPSA) is 90.4 Å². The number of carbonyl (C=O) groups is 1. The molecule has 20 heavy (non-hydrogen) atoms. The van der Waals surface area contributed by atoms with Crippen LogP contribution in [0.2, 0.25) is 0 Å². The maximum atomic E-state index is 11.1. The van der Waals surface area contributed by atoms with Crippen LogP contribution in [0.3, 0.4) is 0 Å². The molecule has 0 atom stereocenters. The average Bonchev–Trinajstić information content (AvgIpc) is 2.85. The summed E-state index contributed by atoms with van der Waals surface area (Å²) in [4.78, 5) is 11.1. The van der Waals surface area contributed by atoms with Gasteiger partial charge in [-0.2, -0.15) is 5.10 Å². The molecule has 2 rings (SSSR count). The van der Waals surface area contributed by atoms with Crippen molar-refractivity contribution >= 4 is 11.7 Å². The summed E-state index contributed by atoms with van der Waals surface area (Å²) in [6, 6.07) is 6.57. The van der Waals surface area contributed by atoms with Gasteiger partial charge in [-0.3, -0.25) is 4.68 Å². The van der Waals surface area contributed by atoms with Crippen molar-refractivity contribution < 1.29 is 14.6 Å². The van der Waals surface area contributed by atoms with Crippen LogP contribution in [-0.2, 0) is 6.61 Å². The van der Waals surface area contributed by atoms with Gasteiger partial charge in [0.15, 0.2) is 0 Å². The van der Waals surface area contributed by atoms with Crippen molar-refractivity contribution in [1.29, 1.82) is 0 Å². The van der Waals surface area contributed by atoms with E-state index in [4.69, 9.17) is 15.6 Å². The van der Waals surface area contributed by atoms with Gasteiger partial charge in [0.2, 0.25) is 0 Å². The predicted molar refractivity (Wildman–Crippen MR) is 74.8 cm³/mol. The fourth-order valence-corrected chi connectivity index (χ4v) is 1.73. The number of nitrogens with zero attached hydrogens (tertiary/aromatic N) is 2. The maximum Gasteiger partial charge on any atom is 0.339 e. The number of hydrogen-bond acceptors (Lipinski definition) is 4. The van der Waals surface area contributed by atoms with E-state index in [1.807, 2.05) is 30.8 Å². The van der Waals surface area contributed by atoms with Gasteiger partial charge in [0, 0.05) is 24.0 Å². The van der Waals surface area contributed by atoms with Crippen molar-refractivity contribution in [2.75, 3.05) is 5.73 Å². The maximum absolute atomic E-state index is 11.1. The summed E-state index contributed by atoms with van der Waals surface area (Å²) in [5.74, 6) is -0.802. The van der Waals surface area contributed by atoms with E-state index in [1.54, 1.807) is 0 Å². The first kappa shape index (κ1) is 13.9. The monoisotopic (exact) mass is 275 g/mol. The second kappa shape index (κ2) is 5.64. The average molecular weight is 275 g/mol. The van der Waals surface area contributed by atoms with Crippen molar-refractivity contribution in [3.63, 3.8) is 0 Å². The number of ether oxygens (including phenoxy) is 1. The third-order valence-electron chi connectivity index (χ3n) is 2.80. The van der Waals surface area contributed by atoms with Gasteiger partial charge in [-0.25, -0.2) is 4.79 Å². The van der Waals surface area contributed by atoms with Crippen molar-refractivity contribution in [2.45, 2.75) is 26.5 Å². The van der Waals surface area contributed by atoms with Crippen molar-refractivity contribution in [3.8, 4) is 5.75 Å². The van der Waals surface area contributed by atoms with Gasteiger partial charge in [0.1, 0.15) is 17.9 Å². The molecule has 0 radical (unpaired) electrons. The SMILES string of the molecule is CC(C)n1ccc(COc2cc(N)ccc2C(=O)O)n1. The third kappa shape index (κ3) is 3.09. The fourth-order valence-electron chi connectivity index (χ4n) is 1.73. The van der Waals surface area contributed by atoms with Crippen LogP contribution < -0.4 is 10.5 Å². The number of carboxylic acid groups (broad SMARTS) is 1. The zero-order chi connectivity index (χ0) is 14.7. The molecule has 3 N–H and O–H groups in total. The van der Waals surface area contributed by atoms with Gasteiger partial charge in [-0.1, -0.05) is 0 Å². The Hall–Kier alpha value is -2.50. The second-order valence-electron chi connectivity index (χ2n) is 4.73. The lowest BCUT2D eigenvalue weighted by atomic mass is 10.2. The van der Waals surface area contributed by atoms with Gasteiger partial charge >= 0.3 is 5.97 Å². The molecule has 106 valence electrons. The highest BCUT2D eigenvalue weighted by atomic mass is 16.5. The van der Waals surface area contributed by atoms with E-state index >= 15 is 0 Å². The Kier molecular flexibility index (Phi) is 3.93. The summed E-state index contributed by atoms with van der Waals surface area (Å²) in [7, 11) is 0. The Balaban J connectivity index is 2.13. The van der Waals surface area contributed by atoms with E-state index in [0.717, 1.165) is 5.69 Å². The Labute approximate surface area is 116 Å². The third-order valence-corrected chi connectivity index (χ3v) is 2.80. The standard InChI is InChI=1S/C14H17N3O3/c1-9(2)17-6-5-11(16-17)8-20-13-7-10(15)3-4-12(13)14(18)19/h3-7,9H,8,15H2,1-2H3,(H,18,19). The number of anilines is 1. The van der Waals surface area contributed by atoms with E-state index in [-0.39, 0.29) is 24.0 Å². The summed E-state index contributed by atoms with van der Waals surface area (Å²) in [6.07, 6.45) is 1.86. The number of carboxylic acids is 1. The minimum Gasteiger partial charge on any atom is -0.486 e. The molecular formula is C14H17N3O3. The Bertz CT molecular complexity index is 620. The van der Waals surface area contributed by atoms with Crippen LogP contribution in [0.15, 0.2) is 30.5 Å². The fraction of sp³-hybridized carbons (Fsp3) is 0.286. The summed E-state index contributed by atoms with van der Waals surface area (Å²) < 4.78 is 7.34. The number of rotatable bonds is 5. The van der Waals surface area contributed by atoms with Crippen molar-refractivity contribution in [1.82, 2.24) is 9.78 Å². The summed E-state index contributed by atoms with van der Waals surface area (Å²) in [5.41, 5.74) is 6.92. The first-order chi connectivity index (χ1) is 9.47. The first-order valence-corrected chi connectivity index (χ1v) is 6.27. The molecule has 0 aliphatic rings. The number of nitrogens with two attached hydrogens (primary N) is 1. The molecule has 1 aromatic carbocycles. The van der Waals surface area contributed by atoms with Crippen molar-refractivity contribution in [3.05, 3.63) is 41.7 Å². The van der Waals surface area contributed by atoms with Crippen LogP contribution in [0.25, 0.3) is 0 Å². The van der Waals surface area contributed by atoms with Gasteiger partial charge in [0.05, 0.1) is 5.69 Å². The summed E-state index contributed by atoms with van der Waals surface area (Å²) in [6.45, 7) is 4.25. The van der Waals surface area contributed by atoms with Crippen LogP contribution in [0.1, 0.15) is 35.9 Å². The number of nitrogen functional groups attached to an aromatic ring is 1. The molecule has 0 fully saturated rings. The second-order valence-corrected chi connectivity index (χ2v) is 4.73. The zero-order valence-electron chi connectivity index (χ0n) is 11.4. The molecule has 0 spiro atoms. The smallest absolute Gasteiger partial charge is 0.339 e. The van der Waals surface area contributed by atoms with Crippen LogP contribution in [0, 0.1) is 0 Å². The number of hydrogen-bond donors (Lipinski definition) is 2. The van der Waals surface area contributed by atoms with Gasteiger partial charge < -0.3 is 15.6 Å². The largest absolute Gasteiger partial charge is 0.486 e. The van der Waals surface area contributed by atoms with E-state index < -0.39 is 5.97 Å². The van der Waals surface area contributed by atoms with Crippen LogP contribution >= 0.6 is 0 Å². The van der Waals surface area contributed by atoms with Crippen molar-refractivity contribution in [2.24, 2.45) is 0 Å². The molecular weight excluding hydrogens is 258 g/mol. The van der Waals surface area contributed by atoms with E-state index in [1.165, 1.54) is 18.2 Å². The molecule has 0 bridgehead atoms. The molecule has 1 aromatic heterocycles. The van der Waals surface area contributed by atoms with E-state index in [9.17, 15) is 4.79 Å². The van der Waals surface area contributed by atoms with Crippen LogP contribution in [0.4, 0.5) is 5.69 Å². The molecule has 6 heteroatoms. The number of benzene rings is 1. The Morgan fingerprint density at radius 1 is 1.45 bits per heavy atom. The quantitative estimate of drug-likeness (QED) is 0.817. The Morgan fingerprint density at radius 3 is 2.80 bits per heavy atom. The molecule has 0 aliphatic heterocycles. The minimum atomic E-state index is -1.05.